The third kappa shape index (κ3) is 5.44. The lowest BCUT2D eigenvalue weighted by molar-refractivity contribution is 0.0697. The highest BCUT2D eigenvalue weighted by Gasteiger charge is 2.17. The Labute approximate surface area is 198 Å². The summed E-state index contributed by atoms with van der Waals surface area (Å²) in [7, 11) is 3.03. The molecule has 168 valence electrons. The topological polar surface area (TPSA) is 77.0 Å². The SMILES string of the molecule is COc1ccc(C(=O)O)cc1NCc1c(Br)ccc(OC)c1OCc1ccc(F)cc1Cl. The number of halogens is 3. The quantitative estimate of drug-likeness (QED) is 0.350. The summed E-state index contributed by atoms with van der Waals surface area (Å²) in [4.78, 5) is 11.3. The Hall–Kier alpha value is -2.97. The van der Waals surface area contributed by atoms with E-state index in [0.717, 1.165) is 10.0 Å². The summed E-state index contributed by atoms with van der Waals surface area (Å²) in [6, 6.07) is 12.2. The van der Waals surface area contributed by atoms with E-state index < -0.39 is 11.8 Å². The fourth-order valence-corrected chi connectivity index (χ4v) is 3.69. The largest absolute Gasteiger partial charge is 0.495 e. The van der Waals surface area contributed by atoms with Gasteiger partial charge in [-0.3, -0.25) is 0 Å². The normalized spacial score (nSPS) is 10.5. The second-order valence-corrected chi connectivity index (χ2v) is 7.92. The van der Waals surface area contributed by atoms with E-state index in [0.29, 0.717) is 28.5 Å². The molecule has 0 amide bonds. The van der Waals surface area contributed by atoms with Gasteiger partial charge in [-0.15, -0.1) is 0 Å². The summed E-state index contributed by atoms with van der Waals surface area (Å²) in [5, 5.41) is 12.7. The summed E-state index contributed by atoms with van der Waals surface area (Å²) in [6.07, 6.45) is 0. The number of ether oxygens (including phenoxy) is 3. The number of benzene rings is 3. The molecule has 0 radical (unpaired) electrons. The highest BCUT2D eigenvalue weighted by atomic mass is 79.9. The van der Waals surface area contributed by atoms with Gasteiger partial charge in [-0.25, -0.2) is 9.18 Å². The van der Waals surface area contributed by atoms with Crippen molar-refractivity contribution in [2.45, 2.75) is 13.2 Å². The molecular weight excluding hydrogens is 505 g/mol. The zero-order valence-corrected chi connectivity index (χ0v) is 19.6. The van der Waals surface area contributed by atoms with E-state index in [1.165, 1.54) is 38.5 Å². The van der Waals surface area contributed by atoms with E-state index in [1.807, 2.05) is 6.07 Å². The van der Waals surface area contributed by atoms with Crippen molar-refractivity contribution in [1.29, 1.82) is 0 Å². The molecule has 0 saturated carbocycles. The van der Waals surface area contributed by atoms with Crippen molar-refractivity contribution in [3.05, 3.63) is 80.5 Å². The molecule has 0 aliphatic heterocycles. The first-order chi connectivity index (χ1) is 15.3. The van der Waals surface area contributed by atoms with Crippen LogP contribution in [0.15, 0.2) is 53.0 Å². The second-order valence-electron chi connectivity index (χ2n) is 6.66. The Kier molecular flexibility index (Phi) is 7.82. The molecule has 0 aromatic heterocycles. The van der Waals surface area contributed by atoms with Crippen molar-refractivity contribution in [2.75, 3.05) is 19.5 Å². The van der Waals surface area contributed by atoms with Crippen LogP contribution < -0.4 is 19.5 Å². The molecule has 3 rings (SSSR count). The Morgan fingerprint density at radius 3 is 2.47 bits per heavy atom. The van der Waals surface area contributed by atoms with Crippen LogP contribution in [0.5, 0.6) is 17.2 Å². The lowest BCUT2D eigenvalue weighted by atomic mass is 10.1. The highest BCUT2D eigenvalue weighted by molar-refractivity contribution is 9.10. The average Bonchev–Trinajstić information content (AvgIpc) is 2.77. The minimum absolute atomic E-state index is 0.0940. The number of carboxylic acids is 1. The number of hydrogen-bond donors (Lipinski definition) is 2. The van der Waals surface area contributed by atoms with Crippen LogP contribution in [0.25, 0.3) is 0 Å². The van der Waals surface area contributed by atoms with E-state index in [-0.39, 0.29) is 23.7 Å². The van der Waals surface area contributed by atoms with Crippen LogP contribution in [-0.4, -0.2) is 25.3 Å². The molecule has 3 aromatic carbocycles. The van der Waals surface area contributed by atoms with Crippen LogP contribution in [0, 0.1) is 5.82 Å². The summed E-state index contributed by atoms with van der Waals surface area (Å²) < 4.78 is 30.9. The van der Waals surface area contributed by atoms with E-state index in [2.05, 4.69) is 21.2 Å². The maximum atomic E-state index is 13.3. The van der Waals surface area contributed by atoms with Crippen molar-refractivity contribution >= 4 is 39.2 Å². The Bertz CT molecular complexity index is 1140. The highest BCUT2D eigenvalue weighted by Crippen LogP contribution is 2.38. The summed E-state index contributed by atoms with van der Waals surface area (Å²) in [5.74, 6) is -0.0214. The van der Waals surface area contributed by atoms with Crippen LogP contribution >= 0.6 is 27.5 Å². The first kappa shape index (κ1) is 23.7. The predicted molar refractivity (Wildman–Crippen MR) is 124 cm³/mol. The maximum absolute atomic E-state index is 13.3. The van der Waals surface area contributed by atoms with E-state index in [9.17, 15) is 14.3 Å². The van der Waals surface area contributed by atoms with Gasteiger partial charge in [0, 0.05) is 22.1 Å². The number of carboxylic acid groups (broad SMARTS) is 1. The van der Waals surface area contributed by atoms with Crippen molar-refractivity contribution < 1.29 is 28.5 Å². The van der Waals surface area contributed by atoms with Gasteiger partial charge < -0.3 is 24.6 Å². The molecule has 0 saturated heterocycles. The lowest BCUT2D eigenvalue weighted by Crippen LogP contribution is -2.08. The van der Waals surface area contributed by atoms with Crippen LogP contribution in [0.1, 0.15) is 21.5 Å². The van der Waals surface area contributed by atoms with Crippen LogP contribution in [0.3, 0.4) is 0 Å². The molecule has 0 aliphatic rings. The number of aromatic carboxylic acids is 1. The first-order valence-corrected chi connectivity index (χ1v) is 10.6. The molecule has 0 heterocycles. The minimum atomic E-state index is -1.04. The van der Waals surface area contributed by atoms with Gasteiger partial charge in [0.25, 0.3) is 0 Å². The van der Waals surface area contributed by atoms with Gasteiger partial charge in [0.05, 0.1) is 30.5 Å². The van der Waals surface area contributed by atoms with Crippen molar-refractivity contribution in [3.8, 4) is 17.2 Å². The number of nitrogens with one attached hydrogen (secondary N) is 1. The van der Waals surface area contributed by atoms with Gasteiger partial charge in [-0.2, -0.15) is 0 Å². The van der Waals surface area contributed by atoms with Crippen LogP contribution in [0.4, 0.5) is 10.1 Å². The first-order valence-electron chi connectivity index (χ1n) is 9.41. The molecule has 6 nitrogen and oxygen atoms in total. The van der Waals surface area contributed by atoms with Gasteiger partial charge in [0.1, 0.15) is 18.2 Å². The van der Waals surface area contributed by atoms with Crippen molar-refractivity contribution in [1.82, 2.24) is 0 Å². The maximum Gasteiger partial charge on any atom is 0.335 e. The third-order valence-electron chi connectivity index (χ3n) is 4.68. The number of rotatable bonds is 9. The molecule has 32 heavy (non-hydrogen) atoms. The standard InChI is InChI=1S/C23H20BrClFNO5/c1-30-20-7-4-13(23(28)29)9-19(20)27-11-16-17(24)6-8-21(31-2)22(16)32-12-14-3-5-15(26)10-18(14)25/h3-10,27H,11-12H2,1-2H3,(H,28,29). The number of carbonyl (C=O) groups is 1. The summed E-state index contributed by atoms with van der Waals surface area (Å²) in [5.41, 5.74) is 1.98. The smallest absolute Gasteiger partial charge is 0.335 e. The molecule has 0 bridgehead atoms. The average molecular weight is 525 g/mol. The molecule has 0 spiro atoms. The Morgan fingerprint density at radius 2 is 1.81 bits per heavy atom. The Balaban J connectivity index is 1.90. The van der Waals surface area contributed by atoms with Crippen LogP contribution in [-0.2, 0) is 13.2 Å². The fourth-order valence-electron chi connectivity index (χ4n) is 3.02. The van der Waals surface area contributed by atoms with E-state index in [4.69, 9.17) is 25.8 Å². The number of hydrogen-bond acceptors (Lipinski definition) is 5. The van der Waals surface area contributed by atoms with Crippen molar-refractivity contribution in [2.24, 2.45) is 0 Å². The zero-order valence-electron chi connectivity index (χ0n) is 17.2. The molecule has 2 N–H and O–H groups in total. The van der Waals surface area contributed by atoms with Crippen molar-refractivity contribution in [3.63, 3.8) is 0 Å². The summed E-state index contributed by atoms with van der Waals surface area (Å²) >= 11 is 9.65. The second kappa shape index (κ2) is 10.6. The zero-order chi connectivity index (χ0) is 23.3. The Morgan fingerprint density at radius 1 is 1.09 bits per heavy atom. The molecule has 0 atom stereocenters. The molecule has 0 unspecified atom stereocenters. The minimum Gasteiger partial charge on any atom is -0.495 e. The van der Waals surface area contributed by atoms with Gasteiger partial charge in [-0.05, 0) is 42.5 Å². The molecule has 9 heteroatoms. The molecule has 3 aromatic rings. The number of anilines is 1. The lowest BCUT2D eigenvalue weighted by Gasteiger charge is -2.19. The van der Waals surface area contributed by atoms with Gasteiger partial charge >= 0.3 is 5.97 Å². The fraction of sp³-hybridized carbons (Fsp3) is 0.174. The predicted octanol–water partition coefficient (Wildman–Crippen LogP) is 6.15. The van der Waals surface area contributed by atoms with E-state index in [1.54, 1.807) is 18.2 Å². The van der Waals surface area contributed by atoms with Gasteiger partial charge in [0.15, 0.2) is 11.5 Å². The molecular formula is C23H20BrClFNO5. The van der Waals surface area contributed by atoms with Crippen LogP contribution in [0.2, 0.25) is 5.02 Å². The van der Waals surface area contributed by atoms with Gasteiger partial charge in [0.2, 0.25) is 0 Å². The number of methoxy groups -OCH3 is 2. The van der Waals surface area contributed by atoms with E-state index >= 15 is 0 Å². The summed E-state index contributed by atoms with van der Waals surface area (Å²) in [6.45, 7) is 0.362. The van der Waals surface area contributed by atoms with Gasteiger partial charge in [-0.1, -0.05) is 33.6 Å². The third-order valence-corrected chi connectivity index (χ3v) is 5.77. The molecule has 0 fully saturated rings. The monoisotopic (exact) mass is 523 g/mol. The molecule has 0 aliphatic carbocycles.